The summed E-state index contributed by atoms with van der Waals surface area (Å²) in [7, 11) is 0. The van der Waals surface area contributed by atoms with Gasteiger partial charge in [-0.15, -0.1) is 0 Å². The number of rotatable bonds is 5. The third kappa shape index (κ3) is 3.75. The Balaban J connectivity index is 2.01. The molecule has 2 rings (SSSR count). The lowest BCUT2D eigenvalue weighted by Crippen LogP contribution is -2.06. The highest BCUT2D eigenvalue weighted by Crippen LogP contribution is 2.21. The van der Waals surface area contributed by atoms with E-state index in [0.29, 0.717) is 12.6 Å². The minimum atomic E-state index is 0.290. The van der Waals surface area contributed by atoms with E-state index in [0.717, 1.165) is 11.4 Å². The van der Waals surface area contributed by atoms with Gasteiger partial charge in [-0.05, 0) is 50.6 Å². The fraction of sp³-hybridized carbons (Fsp3) is 0.294. The van der Waals surface area contributed by atoms with Crippen LogP contribution in [0.4, 0.5) is 5.69 Å². The highest BCUT2D eigenvalue weighted by molar-refractivity contribution is 5.48. The van der Waals surface area contributed by atoms with Crippen LogP contribution >= 0.6 is 0 Å². The van der Waals surface area contributed by atoms with Gasteiger partial charge in [0.15, 0.2) is 0 Å². The lowest BCUT2D eigenvalue weighted by molar-refractivity contribution is 0.340. The highest BCUT2D eigenvalue weighted by atomic mass is 16.5. The molecular formula is C17H21NO. The van der Waals surface area contributed by atoms with E-state index in [4.69, 9.17) is 4.74 Å². The van der Waals surface area contributed by atoms with Crippen LogP contribution in [0.15, 0.2) is 48.5 Å². The first-order valence-electron chi connectivity index (χ1n) is 6.75. The van der Waals surface area contributed by atoms with Gasteiger partial charge in [0.25, 0.3) is 0 Å². The molecular weight excluding hydrogens is 234 g/mol. The molecule has 1 N–H and O–H groups in total. The van der Waals surface area contributed by atoms with Crippen LogP contribution in [-0.4, -0.2) is 6.61 Å². The summed E-state index contributed by atoms with van der Waals surface area (Å²) in [5.41, 5.74) is 3.69. The Bertz CT molecular complexity index is 502. The van der Waals surface area contributed by atoms with Gasteiger partial charge in [-0.25, -0.2) is 0 Å². The molecule has 0 saturated carbocycles. The van der Waals surface area contributed by atoms with E-state index in [2.05, 4.69) is 55.6 Å². The molecule has 0 saturated heterocycles. The standard InChI is InChI=1S/C17H21NO/c1-4-19-17-11-9-16(10-12-17)18-14(3)15-7-5-13(2)6-8-15/h5-12,14,18H,4H2,1-3H3. The van der Waals surface area contributed by atoms with Crippen molar-refractivity contribution in [2.24, 2.45) is 0 Å². The van der Waals surface area contributed by atoms with Crippen LogP contribution in [0.1, 0.15) is 31.0 Å². The molecule has 1 atom stereocenters. The number of ether oxygens (including phenoxy) is 1. The molecule has 0 fully saturated rings. The first kappa shape index (κ1) is 13.5. The van der Waals surface area contributed by atoms with Crippen molar-refractivity contribution in [1.29, 1.82) is 0 Å². The lowest BCUT2D eigenvalue weighted by atomic mass is 10.1. The molecule has 19 heavy (non-hydrogen) atoms. The lowest BCUT2D eigenvalue weighted by Gasteiger charge is -2.16. The Kier molecular flexibility index (Phi) is 4.45. The summed E-state index contributed by atoms with van der Waals surface area (Å²) in [5, 5.41) is 3.49. The Morgan fingerprint density at radius 1 is 1.00 bits per heavy atom. The van der Waals surface area contributed by atoms with Crippen LogP contribution in [-0.2, 0) is 0 Å². The predicted molar refractivity (Wildman–Crippen MR) is 80.8 cm³/mol. The van der Waals surface area contributed by atoms with Crippen molar-refractivity contribution in [2.75, 3.05) is 11.9 Å². The number of nitrogens with one attached hydrogen (secondary N) is 1. The second-order valence-electron chi connectivity index (χ2n) is 4.73. The second kappa shape index (κ2) is 6.28. The van der Waals surface area contributed by atoms with Gasteiger partial charge >= 0.3 is 0 Å². The van der Waals surface area contributed by atoms with Crippen molar-refractivity contribution < 1.29 is 4.74 Å². The molecule has 100 valence electrons. The number of hydrogen-bond acceptors (Lipinski definition) is 2. The average molecular weight is 255 g/mol. The molecule has 0 aromatic heterocycles. The zero-order chi connectivity index (χ0) is 13.7. The fourth-order valence-electron chi connectivity index (χ4n) is 2.00. The van der Waals surface area contributed by atoms with Crippen molar-refractivity contribution in [2.45, 2.75) is 26.8 Å². The number of hydrogen-bond donors (Lipinski definition) is 1. The van der Waals surface area contributed by atoms with E-state index in [9.17, 15) is 0 Å². The summed E-state index contributed by atoms with van der Waals surface area (Å²) in [5.74, 6) is 0.913. The maximum Gasteiger partial charge on any atom is 0.119 e. The van der Waals surface area contributed by atoms with Gasteiger partial charge in [0.2, 0.25) is 0 Å². The largest absolute Gasteiger partial charge is 0.494 e. The highest BCUT2D eigenvalue weighted by Gasteiger charge is 2.04. The van der Waals surface area contributed by atoms with Crippen LogP contribution in [0.3, 0.4) is 0 Å². The van der Waals surface area contributed by atoms with Crippen molar-refractivity contribution in [3.63, 3.8) is 0 Å². The first-order chi connectivity index (χ1) is 9.19. The van der Waals surface area contributed by atoms with E-state index in [1.807, 2.05) is 19.1 Å². The van der Waals surface area contributed by atoms with Crippen LogP contribution < -0.4 is 10.1 Å². The molecule has 1 unspecified atom stereocenters. The van der Waals surface area contributed by atoms with Crippen molar-refractivity contribution >= 4 is 5.69 Å². The minimum absolute atomic E-state index is 0.290. The Morgan fingerprint density at radius 2 is 1.63 bits per heavy atom. The Hall–Kier alpha value is -1.96. The topological polar surface area (TPSA) is 21.3 Å². The fourth-order valence-corrected chi connectivity index (χ4v) is 2.00. The van der Waals surface area contributed by atoms with Gasteiger partial charge < -0.3 is 10.1 Å². The zero-order valence-corrected chi connectivity index (χ0v) is 11.8. The van der Waals surface area contributed by atoms with Crippen LogP contribution in [0.2, 0.25) is 0 Å². The van der Waals surface area contributed by atoms with E-state index < -0.39 is 0 Å². The molecule has 0 spiro atoms. The van der Waals surface area contributed by atoms with Crippen molar-refractivity contribution in [1.82, 2.24) is 0 Å². The van der Waals surface area contributed by atoms with E-state index in [-0.39, 0.29) is 0 Å². The smallest absolute Gasteiger partial charge is 0.119 e. The quantitative estimate of drug-likeness (QED) is 0.845. The normalized spacial score (nSPS) is 11.9. The summed E-state index contributed by atoms with van der Waals surface area (Å²) in [4.78, 5) is 0. The SMILES string of the molecule is CCOc1ccc(NC(C)c2ccc(C)cc2)cc1. The summed E-state index contributed by atoms with van der Waals surface area (Å²) in [6.07, 6.45) is 0. The molecule has 0 aliphatic carbocycles. The molecule has 0 radical (unpaired) electrons. The summed E-state index contributed by atoms with van der Waals surface area (Å²) >= 11 is 0. The predicted octanol–water partition coefficient (Wildman–Crippen LogP) is 4.57. The van der Waals surface area contributed by atoms with Crippen molar-refractivity contribution in [3.8, 4) is 5.75 Å². The third-order valence-corrected chi connectivity index (χ3v) is 3.13. The molecule has 0 aliphatic heterocycles. The summed E-state index contributed by atoms with van der Waals surface area (Å²) in [6, 6.07) is 17.0. The van der Waals surface area contributed by atoms with E-state index in [1.165, 1.54) is 11.1 Å². The van der Waals surface area contributed by atoms with Gasteiger partial charge in [-0.1, -0.05) is 29.8 Å². The van der Waals surface area contributed by atoms with Gasteiger partial charge in [-0.2, -0.15) is 0 Å². The van der Waals surface area contributed by atoms with E-state index in [1.54, 1.807) is 0 Å². The second-order valence-corrected chi connectivity index (χ2v) is 4.73. The molecule has 0 heterocycles. The van der Waals surface area contributed by atoms with Gasteiger partial charge in [0.05, 0.1) is 6.61 Å². The van der Waals surface area contributed by atoms with E-state index >= 15 is 0 Å². The van der Waals surface area contributed by atoms with Gasteiger partial charge in [0, 0.05) is 11.7 Å². The third-order valence-electron chi connectivity index (χ3n) is 3.13. The minimum Gasteiger partial charge on any atom is -0.494 e. The summed E-state index contributed by atoms with van der Waals surface area (Å²) < 4.78 is 5.44. The van der Waals surface area contributed by atoms with Gasteiger partial charge in [-0.3, -0.25) is 0 Å². The number of anilines is 1. The summed E-state index contributed by atoms with van der Waals surface area (Å²) in [6.45, 7) is 6.97. The van der Waals surface area contributed by atoms with Gasteiger partial charge in [0.1, 0.15) is 5.75 Å². The first-order valence-corrected chi connectivity index (χ1v) is 6.75. The average Bonchev–Trinajstić information content (AvgIpc) is 2.42. The number of aryl methyl sites for hydroxylation is 1. The van der Waals surface area contributed by atoms with Crippen LogP contribution in [0.25, 0.3) is 0 Å². The zero-order valence-electron chi connectivity index (χ0n) is 11.8. The maximum atomic E-state index is 5.44. The molecule has 2 aromatic rings. The molecule has 0 aliphatic rings. The maximum absolute atomic E-state index is 5.44. The van der Waals surface area contributed by atoms with Crippen LogP contribution in [0.5, 0.6) is 5.75 Å². The van der Waals surface area contributed by atoms with Crippen molar-refractivity contribution in [3.05, 3.63) is 59.7 Å². The molecule has 2 nitrogen and oxygen atoms in total. The number of benzene rings is 2. The monoisotopic (exact) mass is 255 g/mol. The molecule has 0 bridgehead atoms. The molecule has 0 amide bonds. The Labute approximate surface area is 115 Å². The Morgan fingerprint density at radius 3 is 2.21 bits per heavy atom. The van der Waals surface area contributed by atoms with Crippen LogP contribution in [0, 0.1) is 6.92 Å². The molecule has 2 heteroatoms. The molecule has 2 aromatic carbocycles.